The number of nitrogens with zero attached hydrogens (tertiary/aromatic N) is 2. The van der Waals surface area contributed by atoms with Crippen LogP contribution in [0.5, 0.6) is 0 Å². The van der Waals surface area contributed by atoms with E-state index < -0.39 is 0 Å². The third kappa shape index (κ3) is 3.17. The average molecular weight is 193 g/mol. The van der Waals surface area contributed by atoms with Crippen LogP contribution in [0.25, 0.3) is 11.0 Å². The minimum atomic E-state index is 0.922. The van der Waals surface area contributed by atoms with Gasteiger partial charge in [0.25, 0.3) is 0 Å². The molecule has 0 aliphatic heterocycles. The lowest BCUT2D eigenvalue weighted by Gasteiger charge is -1.87. The van der Waals surface area contributed by atoms with E-state index in [-0.39, 0.29) is 0 Å². The predicted molar refractivity (Wildman–Crippen MR) is 61.3 cm³/mol. The lowest BCUT2D eigenvalue weighted by atomic mass is 10.2. The number of benzene rings is 1. The van der Waals surface area contributed by atoms with Gasteiger partial charge in [-0.15, -0.1) is 0 Å². The molecule has 0 saturated carbocycles. The van der Waals surface area contributed by atoms with Crippen LogP contribution in [0.4, 0.5) is 0 Å². The minimum absolute atomic E-state index is 0.922. The van der Waals surface area contributed by atoms with Gasteiger partial charge in [0.05, 0.1) is 0 Å². The zero-order chi connectivity index (χ0) is 11.0. The monoisotopic (exact) mass is 193 g/mol. The molecule has 1 heterocycles. The van der Waals surface area contributed by atoms with Gasteiger partial charge < -0.3 is 0 Å². The maximum Gasteiger partial charge on any atom is 0.113 e. The maximum absolute atomic E-state index is 3.94. The second-order valence-corrected chi connectivity index (χ2v) is 2.32. The predicted octanol–water partition coefficient (Wildman–Crippen LogP) is 3.32. The number of aryl methyl sites for hydroxylation is 1. The molecule has 0 fully saturated rings. The molecule has 0 spiro atoms. The zero-order valence-corrected chi connectivity index (χ0v) is 9.63. The first-order valence-electron chi connectivity index (χ1n) is 5.13. The fourth-order valence-electron chi connectivity index (χ4n) is 0.950. The van der Waals surface area contributed by atoms with Crippen molar-refractivity contribution in [2.45, 2.75) is 34.6 Å². The molecule has 1 aromatic heterocycles. The van der Waals surface area contributed by atoms with E-state index in [1.54, 1.807) is 0 Å². The topological polar surface area (TPSA) is 41.6 Å². The fraction of sp³-hybridized carbons (Fsp3) is 0.455. The van der Waals surface area contributed by atoms with E-state index in [1.807, 2.05) is 52.8 Å². The molecule has 2 rings (SSSR count). The van der Waals surface area contributed by atoms with Crippen LogP contribution in [0.2, 0.25) is 0 Å². The molecular weight excluding hydrogens is 174 g/mol. The van der Waals surface area contributed by atoms with Gasteiger partial charge in [-0.3, -0.25) is 0 Å². The van der Waals surface area contributed by atoms with Gasteiger partial charge in [-0.05, 0) is 24.6 Å². The lowest BCUT2D eigenvalue weighted by molar-refractivity contribution is 0.959. The van der Waals surface area contributed by atoms with Crippen molar-refractivity contribution in [1.82, 2.24) is 15.4 Å². The number of aromatic nitrogens is 3. The van der Waals surface area contributed by atoms with E-state index in [9.17, 15) is 0 Å². The van der Waals surface area contributed by atoms with Crippen molar-refractivity contribution in [3.63, 3.8) is 0 Å². The van der Waals surface area contributed by atoms with Crippen molar-refractivity contribution in [3.8, 4) is 0 Å². The second kappa shape index (κ2) is 7.06. The van der Waals surface area contributed by atoms with Crippen LogP contribution >= 0.6 is 0 Å². The number of fused-ring (bicyclic) bond motifs is 1. The molecule has 0 aliphatic rings. The molecule has 0 saturated heterocycles. The van der Waals surface area contributed by atoms with Crippen molar-refractivity contribution in [3.05, 3.63) is 23.8 Å². The Bertz CT molecular complexity index is 352. The maximum atomic E-state index is 3.94. The highest BCUT2D eigenvalue weighted by atomic mass is 15.3. The van der Waals surface area contributed by atoms with E-state index in [0.717, 1.165) is 11.0 Å². The minimum Gasteiger partial charge on any atom is -0.197 e. The van der Waals surface area contributed by atoms with Crippen molar-refractivity contribution in [2.75, 3.05) is 0 Å². The van der Waals surface area contributed by atoms with Crippen LogP contribution in [0.3, 0.4) is 0 Å². The van der Waals surface area contributed by atoms with Crippen LogP contribution in [0.1, 0.15) is 33.3 Å². The number of rotatable bonds is 0. The summed E-state index contributed by atoms with van der Waals surface area (Å²) in [7, 11) is 0. The third-order valence-corrected chi connectivity index (χ3v) is 1.47. The largest absolute Gasteiger partial charge is 0.197 e. The van der Waals surface area contributed by atoms with E-state index in [0.29, 0.717) is 0 Å². The SMILES string of the molecule is CC.CC.Cc1ccc2n[nH]nc2c1. The summed E-state index contributed by atoms with van der Waals surface area (Å²) in [6, 6.07) is 5.97. The number of H-pyrrole nitrogens is 1. The summed E-state index contributed by atoms with van der Waals surface area (Å²) in [5, 5.41) is 10.4. The van der Waals surface area contributed by atoms with Gasteiger partial charge >= 0.3 is 0 Å². The Labute approximate surface area is 85.5 Å². The van der Waals surface area contributed by atoms with Gasteiger partial charge in [0.15, 0.2) is 0 Å². The van der Waals surface area contributed by atoms with E-state index in [2.05, 4.69) is 15.4 Å². The van der Waals surface area contributed by atoms with Crippen LogP contribution in [0, 0.1) is 6.92 Å². The molecule has 78 valence electrons. The third-order valence-electron chi connectivity index (χ3n) is 1.47. The highest BCUT2D eigenvalue weighted by Gasteiger charge is 1.94. The van der Waals surface area contributed by atoms with E-state index in [4.69, 9.17) is 0 Å². The zero-order valence-electron chi connectivity index (χ0n) is 9.63. The van der Waals surface area contributed by atoms with Gasteiger partial charge in [0.1, 0.15) is 11.0 Å². The average Bonchev–Trinajstić information content (AvgIpc) is 2.71. The standard InChI is InChI=1S/C7H7N3.2C2H6/c1-5-2-3-6-7(4-5)9-10-8-6;2*1-2/h2-4H,1H3,(H,8,9,10);2*1-2H3. The van der Waals surface area contributed by atoms with Gasteiger partial charge in [-0.1, -0.05) is 33.8 Å². The van der Waals surface area contributed by atoms with Gasteiger partial charge in [-0.25, -0.2) is 0 Å². The second-order valence-electron chi connectivity index (χ2n) is 2.32. The molecule has 3 heteroatoms. The molecule has 0 atom stereocenters. The van der Waals surface area contributed by atoms with Crippen LogP contribution < -0.4 is 0 Å². The number of hydrogen-bond acceptors (Lipinski definition) is 2. The molecule has 3 nitrogen and oxygen atoms in total. The summed E-state index contributed by atoms with van der Waals surface area (Å²) in [6.07, 6.45) is 0. The number of aromatic amines is 1. The Kier molecular flexibility index (Phi) is 6.37. The quantitative estimate of drug-likeness (QED) is 0.697. The summed E-state index contributed by atoms with van der Waals surface area (Å²) in [6.45, 7) is 10.0. The number of hydrogen-bond donors (Lipinski definition) is 1. The summed E-state index contributed by atoms with van der Waals surface area (Å²) in [4.78, 5) is 0. The summed E-state index contributed by atoms with van der Waals surface area (Å²) in [5.74, 6) is 0. The summed E-state index contributed by atoms with van der Waals surface area (Å²) >= 11 is 0. The van der Waals surface area contributed by atoms with Crippen molar-refractivity contribution < 1.29 is 0 Å². The van der Waals surface area contributed by atoms with Gasteiger partial charge in [0.2, 0.25) is 0 Å². The smallest absolute Gasteiger partial charge is 0.113 e. The first-order chi connectivity index (χ1) is 6.86. The first kappa shape index (κ1) is 12.6. The molecule has 0 bridgehead atoms. The molecule has 0 radical (unpaired) electrons. The summed E-state index contributed by atoms with van der Waals surface area (Å²) < 4.78 is 0. The Morgan fingerprint density at radius 1 is 0.929 bits per heavy atom. The highest BCUT2D eigenvalue weighted by molar-refractivity contribution is 5.73. The van der Waals surface area contributed by atoms with Crippen LogP contribution in [-0.4, -0.2) is 15.4 Å². The van der Waals surface area contributed by atoms with Crippen molar-refractivity contribution in [2.24, 2.45) is 0 Å². The lowest BCUT2D eigenvalue weighted by Crippen LogP contribution is -1.71. The Morgan fingerprint density at radius 2 is 1.50 bits per heavy atom. The molecule has 2 aromatic rings. The normalized spacial score (nSPS) is 8.36. The molecule has 0 unspecified atom stereocenters. The Hall–Kier alpha value is -1.38. The van der Waals surface area contributed by atoms with Gasteiger partial charge in [0, 0.05) is 0 Å². The fourth-order valence-corrected chi connectivity index (χ4v) is 0.950. The molecular formula is C11H19N3. The molecule has 0 aliphatic carbocycles. The Balaban J connectivity index is 0.000000379. The highest BCUT2D eigenvalue weighted by Crippen LogP contribution is 2.08. The van der Waals surface area contributed by atoms with E-state index in [1.165, 1.54) is 5.56 Å². The van der Waals surface area contributed by atoms with E-state index >= 15 is 0 Å². The Morgan fingerprint density at radius 3 is 2.14 bits per heavy atom. The van der Waals surface area contributed by atoms with Crippen LogP contribution in [-0.2, 0) is 0 Å². The van der Waals surface area contributed by atoms with Crippen molar-refractivity contribution in [1.29, 1.82) is 0 Å². The van der Waals surface area contributed by atoms with Gasteiger partial charge in [-0.2, -0.15) is 15.4 Å². The van der Waals surface area contributed by atoms with Crippen molar-refractivity contribution >= 4 is 11.0 Å². The first-order valence-corrected chi connectivity index (χ1v) is 5.13. The number of nitrogens with one attached hydrogen (secondary N) is 1. The summed E-state index contributed by atoms with van der Waals surface area (Å²) in [5.41, 5.74) is 3.06. The molecule has 1 N–H and O–H groups in total. The molecule has 0 amide bonds. The molecule has 1 aromatic carbocycles. The van der Waals surface area contributed by atoms with Crippen LogP contribution in [0.15, 0.2) is 18.2 Å². The molecule has 14 heavy (non-hydrogen) atoms.